The minimum absolute atomic E-state index is 0.0662. The van der Waals surface area contributed by atoms with Gasteiger partial charge >= 0.3 is 0 Å². The van der Waals surface area contributed by atoms with Gasteiger partial charge in [0.1, 0.15) is 23.9 Å². The molecule has 3 aromatic rings. The summed E-state index contributed by atoms with van der Waals surface area (Å²) in [5.41, 5.74) is 1.96. The van der Waals surface area contributed by atoms with Crippen LogP contribution in [0.1, 0.15) is 16.7 Å². The van der Waals surface area contributed by atoms with Gasteiger partial charge in [0.2, 0.25) is 0 Å². The van der Waals surface area contributed by atoms with Crippen molar-refractivity contribution in [3.8, 4) is 0 Å². The van der Waals surface area contributed by atoms with Crippen molar-refractivity contribution in [2.75, 3.05) is 13.7 Å². The van der Waals surface area contributed by atoms with E-state index in [-0.39, 0.29) is 6.61 Å². The number of aliphatic hydroxyl groups is 2. The maximum atomic E-state index is 10.4. The molecule has 1 heterocycles. The van der Waals surface area contributed by atoms with Gasteiger partial charge in [-0.1, -0.05) is 91.0 Å². The first-order valence-corrected chi connectivity index (χ1v) is 10.0. The van der Waals surface area contributed by atoms with E-state index in [2.05, 4.69) is 0 Å². The van der Waals surface area contributed by atoms with Gasteiger partial charge in [-0.2, -0.15) is 0 Å². The fraction of sp³-hybridized carbons (Fsp3) is 0.280. The first kappa shape index (κ1) is 20.7. The predicted octanol–water partition coefficient (Wildman–Crippen LogP) is 3.09. The average molecular weight is 406 g/mol. The van der Waals surface area contributed by atoms with Gasteiger partial charge in [-0.05, 0) is 16.7 Å². The summed E-state index contributed by atoms with van der Waals surface area (Å²) in [6.07, 6.45) is -3.83. The second kappa shape index (κ2) is 9.08. The lowest BCUT2D eigenvalue weighted by Gasteiger charge is -2.37. The molecule has 4 atom stereocenters. The summed E-state index contributed by atoms with van der Waals surface area (Å²) in [4.78, 5) is 0. The second-order valence-corrected chi connectivity index (χ2v) is 7.35. The lowest BCUT2D eigenvalue weighted by Crippen LogP contribution is -2.39. The Morgan fingerprint density at radius 3 is 1.53 bits per heavy atom. The molecule has 1 aliphatic rings. The molecule has 156 valence electrons. The number of aliphatic hydroxyl groups excluding tert-OH is 2. The molecule has 0 spiro atoms. The van der Waals surface area contributed by atoms with Crippen molar-refractivity contribution in [1.29, 1.82) is 0 Å². The van der Waals surface area contributed by atoms with E-state index in [1.807, 2.05) is 91.0 Å². The predicted molar refractivity (Wildman–Crippen MR) is 113 cm³/mol. The molecule has 1 aliphatic heterocycles. The SMILES string of the molecule is COC1OC(COC(c2ccccc2)(c2ccccc2)c2ccccc2)C(O)C1O. The highest BCUT2D eigenvalue weighted by molar-refractivity contribution is 5.47. The van der Waals surface area contributed by atoms with Crippen LogP contribution in [0.3, 0.4) is 0 Å². The van der Waals surface area contributed by atoms with Gasteiger partial charge in [-0.15, -0.1) is 0 Å². The van der Waals surface area contributed by atoms with Crippen LogP contribution >= 0.6 is 0 Å². The fourth-order valence-electron chi connectivity index (χ4n) is 4.02. The van der Waals surface area contributed by atoms with Gasteiger partial charge in [0.05, 0.1) is 6.61 Å². The van der Waals surface area contributed by atoms with Crippen molar-refractivity contribution in [2.45, 2.75) is 30.2 Å². The number of ether oxygens (including phenoxy) is 3. The number of methoxy groups -OCH3 is 1. The van der Waals surface area contributed by atoms with Crippen molar-refractivity contribution in [3.05, 3.63) is 108 Å². The van der Waals surface area contributed by atoms with Crippen LogP contribution in [0.2, 0.25) is 0 Å². The molecule has 2 N–H and O–H groups in total. The Balaban J connectivity index is 1.78. The molecule has 0 bridgehead atoms. The van der Waals surface area contributed by atoms with E-state index < -0.39 is 30.2 Å². The van der Waals surface area contributed by atoms with Crippen LogP contribution in [0, 0.1) is 0 Å². The molecule has 3 aromatic carbocycles. The number of benzene rings is 3. The average Bonchev–Trinajstić information content (AvgIpc) is 3.09. The highest BCUT2D eigenvalue weighted by Crippen LogP contribution is 2.41. The Labute approximate surface area is 176 Å². The highest BCUT2D eigenvalue weighted by Gasteiger charge is 2.45. The van der Waals surface area contributed by atoms with Crippen LogP contribution in [0.5, 0.6) is 0 Å². The van der Waals surface area contributed by atoms with Crippen molar-refractivity contribution in [1.82, 2.24) is 0 Å². The first-order valence-electron chi connectivity index (χ1n) is 10.0. The topological polar surface area (TPSA) is 68.2 Å². The Morgan fingerprint density at radius 2 is 1.17 bits per heavy atom. The smallest absolute Gasteiger partial charge is 0.186 e. The Morgan fingerprint density at radius 1 is 0.733 bits per heavy atom. The Bertz CT molecular complexity index is 819. The maximum Gasteiger partial charge on any atom is 0.186 e. The zero-order valence-electron chi connectivity index (χ0n) is 16.8. The summed E-state index contributed by atoms with van der Waals surface area (Å²) in [7, 11) is 1.44. The molecular weight excluding hydrogens is 380 g/mol. The van der Waals surface area contributed by atoms with Crippen LogP contribution in [-0.2, 0) is 19.8 Å². The standard InChI is InChI=1S/C25H26O5/c1-28-24-23(27)22(26)21(30-24)17-29-25(18-11-5-2-6-12-18,19-13-7-3-8-14-19)20-15-9-4-10-16-20/h2-16,21-24,26-27H,17H2,1H3. The molecule has 4 rings (SSSR count). The minimum Gasteiger partial charge on any atom is -0.387 e. The molecule has 0 aliphatic carbocycles. The number of hydrogen-bond acceptors (Lipinski definition) is 5. The molecule has 1 saturated heterocycles. The molecular formula is C25H26O5. The molecule has 4 unspecified atom stereocenters. The van der Waals surface area contributed by atoms with Crippen LogP contribution in [0.25, 0.3) is 0 Å². The number of rotatable bonds is 7. The Hall–Kier alpha value is -2.54. The largest absolute Gasteiger partial charge is 0.387 e. The van der Waals surface area contributed by atoms with Crippen molar-refractivity contribution < 1.29 is 24.4 Å². The van der Waals surface area contributed by atoms with Gasteiger partial charge in [0.15, 0.2) is 6.29 Å². The lowest BCUT2D eigenvalue weighted by molar-refractivity contribution is -0.162. The van der Waals surface area contributed by atoms with E-state index in [0.717, 1.165) is 16.7 Å². The third-order valence-corrected chi connectivity index (χ3v) is 5.56. The zero-order chi connectivity index (χ0) is 21.0. The van der Waals surface area contributed by atoms with Gasteiger partial charge in [0.25, 0.3) is 0 Å². The summed E-state index contributed by atoms with van der Waals surface area (Å²) in [5, 5.41) is 20.6. The van der Waals surface area contributed by atoms with E-state index in [1.165, 1.54) is 7.11 Å². The third kappa shape index (κ3) is 3.78. The van der Waals surface area contributed by atoms with Crippen LogP contribution in [0.15, 0.2) is 91.0 Å². The van der Waals surface area contributed by atoms with E-state index in [1.54, 1.807) is 0 Å². The minimum atomic E-state index is -1.12. The van der Waals surface area contributed by atoms with Gasteiger partial charge in [-0.3, -0.25) is 0 Å². The zero-order valence-corrected chi connectivity index (χ0v) is 16.8. The molecule has 30 heavy (non-hydrogen) atoms. The summed E-state index contributed by atoms with van der Waals surface area (Å²) in [5.74, 6) is 0. The van der Waals surface area contributed by atoms with E-state index in [4.69, 9.17) is 14.2 Å². The van der Waals surface area contributed by atoms with E-state index >= 15 is 0 Å². The molecule has 5 nitrogen and oxygen atoms in total. The highest BCUT2D eigenvalue weighted by atomic mass is 16.7. The molecule has 0 saturated carbocycles. The molecule has 0 radical (unpaired) electrons. The monoisotopic (exact) mass is 406 g/mol. The van der Waals surface area contributed by atoms with Crippen LogP contribution in [-0.4, -0.2) is 48.5 Å². The summed E-state index contributed by atoms with van der Waals surface area (Å²) < 4.78 is 17.4. The molecule has 0 amide bonds. The van der Waals surface area contributed by atoms with Crippen molar-refractivity contribution >= 4 is 0 Å². The van der Waals surface area contributed by atoms with Gasteiger partial charge < -0.3 is 24.4 Å². The summed E-state index contributed by atoms with van der Waals surface area (Å²) in [6.45, 7) is 0.0662. The summed E-state index contributed by atoms with van der Waals surface area (Å²) >= 11 is 0. The van der Waals surface area contributed by atoms with Gasteiger partial charge in [-0.25, -0.2) is 0 Å². The van der Waals surface area contributed by atoms with Gasteiger partial charge in [0, 0.05) is 7.11 Å². The normalized spacial score (nSPS) is 24.1. The van der Waals surface area contributed by atoms with E-state index in [9.17, 15) is 10.2 Å². The second-order valence-electron chi connectivity index (χ2n) is 7.35. The van der Waals surface area contributed by atoms with Crippen LogP contribution in [0.4, 0.5) is 0 Å². The molecule has 0 aromatic heterocycles. The van der Waals surface area contributed by atoms with Crippen LogP contribution < -0.4 is 0 Å². The van der Waals surface area contributed by atoms with Crippen molar-refractivity contribution in [2.24, 2.45) is 0 Å². The number of hydrogen-bond donors (Lipinski definition) is 2. The first-order chi connectivity index (χ1) is 14.7. The maximum absolute atomic E-state index is 10.4. The fourth-order valence-corrected chi connectivity index (χ4v) is 4.02. The Kier molecular flexibility index (Phi) is 6.27. The lowest BCUT2D eigenvalue weighted by atomic mass is 9.80. The van der Waals surface area contributed by atoms with Crippen molar-refractivity contribution in [3.63, 3.8) is 0 Å². The molecule has 5 heteroatoms. The quantitative estimate of drug-likeness (QED) is 0.590. The van der Waals surface area contributed by atoms with E-state index in [0.29, 0.717) is 0 Å². The molecule has 1 fully saturated rings. The third-order valence-electron chi connectivity index (χ3n) is 5.56. The summed E-state index contributed by atoms with van der Waals surface area (Å²) in [6, 6.07) is 29.9.